The molecule has 0 spiro atoms. The molecule has 1 rings (SSSR count). The highest BCUT2D eigenvalue weighted by Crippen LogP contribution is 2.47. The lowest BCUT2D eigenvalue weighted by atomic mass is 10.1. The fourth-order valence-electron chi connectivity index (χ4n) is 2.20. The molecule has 138 valence electrons. The molecule has 24 heavy (non-hydrogen) atoms. The van der Waals surface area contributed by atoms with E-state index in [2.05, 4.69) is 27.9 Å². The molecule has 2 N–H and O–H groups in total. The van der Waals surface area contributed by atoms with Gasteiger partial charge < -0.3 is 19.7 Å². The summed E-state index contributed by atoms with van der Waals surface area (Å²) in [5.74, 6) is 0. The quantitative estimate of drug-likeness (QED) is 0.206. The van der Waals surface area contributed by atoms with E-state index >= 15 is 0 Å². The zero-order chi connectivity index (χ0) is 18.2. The van der Waals surface area contributed by atoms with E-state index in [-0.39, 0.29) is 12.2 Å². The Morgan fingerprint density at radius 2 is 1.96 bits per heavy atom. The minimum absolute atomic E-state index is 0.118. The summed E-state index contributed by atoms with van der Waals surface area (Å²) in [7, 11) is -3.49. The zero-order valence-electron chi connectivity index (χ0n) is 14.3. The number of nitrogens with one attached hydrogen (secondary N) is 1. The van der Waals surface area contributed by atoms with Gasteiger partial charge in [0.1, 0.15) is 0 Å². The molecule has 1 aromatic carbocycles. The fraction of sp³-hybridized carbons (Fsp3) is 0.625. The Labute approximate surface area is 163 Å². The summed E-state index contributed by atoms with van der Waals surface area (Å²) >= 11 is 8.33. The van der Waals surface area contributed by atoms with Crippen LogP contribution in [-0.4, -0.2) is 36.8 Å². The average Bonchev–Trinajstić information content (AvgIpc) is 2.53. The maximum atomic E-state index is 12.4. The Kier molecular flexibility index (Phi) is 10.4. The SMILES string of the molecule is CCOC(OCC)P(=O)(O)CCCNC(C)c1ccc(I)c(Cl)c1. The number of halogens is 2. The second-order valence-corrected chi connectivity index (χ2v) is 9.35. The van der Waals surface area contributed by atoms with E-state index in [1.807, 2.05) is 25.1 Å². The van der Waals surface area contributed by atoms with Gasteiger partial charge in [-0.15, -0.1) is 0 Å². The van der Waals surface area contributed by atoms with Gasteiger partial charge in [-0.1, -0.05) is 17.7 Å². The van der Waals surface area contributed by atoms with Gasteiger partial charge in [-0.05, 0) is 74.0 Å². The van der Waals surface area contributed by atoms with Gasteiger partial charge >= 0.3 is 0 Å². The molecule has 8 heteroatoms. The van der Waals surface area contributed by atoms with Crippen LogP contribution < -0.4 is 5.32 Å². The lowest BCUT2D eigenvalue weighted by Crippen LogP contribution is -2.23. The second-order valence-electron chi connectivity index (χ2n) is 5.40. The van der Waals surface area contributed by atoms with Crippen molar-refractivity contribution >= 4 is 41.6 Å². The normalized spacial score (nSPS) is 15.5. The first kappa shape index (κ1) is 22.4. The number of ether oxygens (including phenoxy) is 2. The van der Waals surface area contributed by atoms with Gasteiger partial charge in [0.2, 0.25) is 6.03 Å². The molecule has 2 atom stereocenters. The van der Waals surface area contributed by atoms with Crippen LogP contribution in [0.1, 0.15) is 38.8 Å². The van der Waals surface area contributed by atoms with Crippen LogP contribution in [0.25, 0.3) is 0 Å². The summed E-state index contributed by atoms with van der Waals surface area (Å²) in [5.41, 5.74) is 1.09. The molecule has 0 fully saturated rings. The molecule has 2 unspecified atom stereocenters. The highest BCUT2D eigenvalue weighted by atomic mass is 127. The maximum Gasteiger partial charge on any atom is 0.255 e. The van der Waals surface area contributed by atoms with E-state index in [9.17, 15) is 9.46 Å². The van der Waals surface area contributed by atoms with Crippen molar-refractivity contribution in [3.05, 3.63) is 32.4 Å². The molecular weight excluding hydrogens is 464 g/mol. The first-order chi connectivity index (χ1) is 11.3. The number of rotatable bonds is 11. The smallest absolute Gasteiger partial charge is 0.255 e. The van der Waals surface area contributed by atoms with Gasteiger partial charge in [-0.2, -0.15) is 0 Å². The van der Waals surface area contributed by atoms with E-state index in [4.69, 9.17) is 21.1 Å². The number of hydrogen-bond acceptors (Lipinski definition) is 4. The third-order valence-corrected chi connectivity index (χ3v) is 6.98. The van der Waals surface area contributed by atoms with Crippen LogP contribution in [0.2, 0.25) is 5.02 Å². The van der Waals surface area contributed by atoms with Crippen LogP contribution in [0.3, 0.4) is 0 Å². The average molecular weight is 490 g/mol. The Hall–Kier alpha value is 0.310. The molecule has 0 saturated carbocycles. The van der Waals surface area contributed by atoms with Gasteiger partial charge in [0.25, 0.3) is 7.37 Å². The molecule has 0 aliphatic heterocycles. The van der Waals surface area contributed by atoms with E-state index in [1.165, 1.54) is 0 Å². The highest BCUT2D eigenvalue weighted by Gasteiger charge is 2.31. The van der Waals surface area contributed by atoms with Crippen molar-refractivity contribution in [2.45, 2.75) is 39.3 Å². The van der Waals surface area contributed by atoms with Crippen molar-refractivity contribution in [3.63, 3.8) is 0 Å². The lowest BCUT2D eigenvalue weighted by Gasteiger charge is -2.23. The van der Waals surface area contributed by atoms with Crippen LogP contribution in [0.15, 0.2) is 18.2 Å². The molecule has 0 bridgehead atoms. The fourth-order valence-corrected chi connectivity index (χ4v) is 4.31. The van der Waals surface area contributed by atoms with Crippen molar-refractivity contribution < 1.29 is 18.9 Å². The molecule has 0 radical (unpaired) electrons. The standard InChI is InChI=1S/C16H26ClINO4P/c1-4-22-16(23-5-2)24(20,21)10-6-9-19-12(3)13-7-8-15(18)14(17)11-13/h7-8,11-12,16,19H,4-6,9-10H2,1-3H3,(H,20,21). The van der Waals surface area contributed by atoms with Crippen LogP contribution >= 0.6 is 41.6 Å². The third kappa shape index (κ3) is 7.28. The van der Waals surface area contributed by atoms with Gasteiger partial charge in [0.15, 0.2) is 0 Å². The Morgan fingerprint density at radius 1 is 1.33 bits per heavy atom. The zero-order valence-corrected chi connectivity index (χ0v) is 18.1. The maximum absolute atomic E-state index is 12.4. The summed E-state index contributed by atoms with van der Waals surface area (Å²) in [4.78, 5) is 10.1. The molecule has 5 nitrogen and oxygen atoms in total. The third-order valence-electron chi connectivity index (χ3n) is 3.50. The Morgan fingerprint density at radius 3 is 2.50 bits per heavy atom. The van der Waals surface area contributed by atoms with Gasteiger partial charge in [-0.25, -0.2) is 0 Å². The summed E-state index contributed by atoms with van der Waals surface area (Å²) < 4.78 is 23.9. The lowest BCUT2D eigenvalue weighted by molar-refractivity contribution is -0.0871. The van der Waals surface area contributed by atoms with Crippen molar-refractivity contribution in [1.29, 1.82) is 0 Å². The molecule has 0 aliphatic rings. The molecule has 0 aliphatic carbocycles. The summed E-state index contributed by atoms with van der Waals surface area (Å²) in [6.45, 7) is 6.92. The predicted octanol–water partition coefficient (Wildman–Crippen LogP) is 4.61. The topological polar surface area (TPSA) is 67.8 Å². The second kappa shape index (κ2) is 11.1. The van der Waals surface area contributed by atoms with Crippen molar-refractivity contribution in [3.8, 4) is 0 Å². The Balaban J connectivity index is 2.45. The van der Waals surface area contributed by atoms with E-state index in [1.54, 1.807) is 13.8 Å². The predicted molar refractivity (Wildman–Crippen MR) is 107 cm³/mol. The van der Waals surface area contributed by atoms with Crippen LogP contribution in [0, 0.1) is 3.57 Å². The first-order valence-electron chi connectivity index (χ1n) is 8.04. The first-order valence-corrected chi connectivity index (χ1v) is 11.4. The van der Waals surface area contributed by atoms with Gasteiger partial charge in [0, 0.05) is 29.0 Å². The summed E-state index contributed by atoms with van der Waals surface area (Å²) in [6, 6.07) is 5.04. The summed E-state index contributed by atoms with van der Waals surface area (Å²) in [5, 5.41) is 4.08. The van der Waals surface area contributed by atoms with Gasteiger partial charge in [0.05, 0.1) is 5.02 Å². The molecule has 0 aromatic heterocycles. The van der Waals surface area contributed by atoms with E-state index in [0.717, 1.165) is 14.2 Å². The van der Waals surface area contributed by atoms with Crippen LogP contribution in [-0.2, 0) is 14.0 Å². The summed E-state index contributed by atoms with van der Waals surface area (Å²) in [6.07, 6.45) is 0.720. The van der Waals surface area contributed by atoms with E-state index in [0.29, 0.717) is 26.2 Å². The van der Waals surface area contributed by atoms with Crippen molar-refractivity contribution in [2.24, 2.45) is 0 Å². The Bertz CT molecular complexity index is 555. The molecule has 0 heterocycles. The van der Waals surface area contributed by atoms with Crippen molar-refractivity contribution in [2.75, 3.05) is 25.9 Å². The monoisotopic (exact) mass is 489 g/mol. The molecular formula is C16H26ClINO4P. The van der Waals surface area contributed by atoms with Gasteiger partial charge in [-0.3, -0.25) is 4.57 Å². The van der Waals surface area contributed by atoms with Crippen molar-refractivity contribution in [1.82, 2.24) is 5.32 Å². The molecule has 1 aromatic rings. The highest BCUT2D eigenvalue weighted by molar-refractivity contribution is 14.1. The number of hydrogen-bond donors (Lipinski definition) is 2. The van der Waals surface area contributed by atoms with Crippen LogP contribution in [0.5, 0.6) is 0 Å². The van der Waals surface area contributed by atoms with Crippen LogP contribution in [0.4, 0.5) is 0 Å². The molecule has 0 saturated heterocycles. The minimum Gasteiger partial charge on any atom is -0.345 e. The van der Waals surface area contributed by atoms with E-state index < -0.39 is 13.4 Å². The molecule has 0 amide bonds. The largest absolute Gasteiger partial charge is 0.345 e. The minimum atomic E-state index is -3.49. The number of benzene rings is 1.